The number of carbonyl (C=O) groups excluding carboxylic acids is 1. The van der Waals surface area contributed by atoms with Crippen LogP contribution in [0.1, 0.15) is 16.9 Å². The minimum atomic E-state index is -3.05. The van der Waals surface area contributed by atoms with Gasteiger partial charge in [-0.1, -0.05) is 48.5 Å². The lowest BCUT2D eigenvalue weighted by Gasteiger charge is -2.28. The van der Waals surface area contributed by atoms with E-state index in [4.69, 9.17) is 0 Å². The third-order valence-electron chi connectivity index (χ3n) is 5.10. The topological polar surface area (TPSA) is 54.5 Å². The van der Waals surface area contributed by atoms with Gasteiger partial charge in [0.2, 0.25) is 5.91 Å². The monoisotopic (exact) mass is 399 g/mol. The molecule has 0 saturated carbocycles. The molecule has 2 aromatic carbocycles. The zero-order valence-electron chi connectivity index (χ0n) is 14.9. The van der Waals surface area contributed by atoms with Crippen molar-refractivity contribution < 1.29 is 13.2 Å². The molecule has 27 heavy (non-hydrogen) atoms. The van der Waals surface area contributed by atoms with Crippen molar-refractivity contribution in [3.8, 4) is 0 Å². The van der Waals surface area contributed by atoms with Crippen LogP contribution in [0, 0.1) is 0 Å². The Kier molecular flexibility index (Phi) is 5.02. The maximum absolute atomic E-state index is 13.2. The van der Waals surface area contributed by atoms with E-state index in [9.17, 15) is 13.2 Å². The Labute approximate surface area is 163 Å². The van der Waals surface area contributed by atoms with E-state index in [0.29, 0.717) is 13.0 Å². The smallest absolute Gasteiger partial charge is 0.227 e. The molecule has 0 radical (unpaired) electrons. The van der Waals surface area contributed by atoms with Crippen molar-refractivity contribution in [1.29, 1.82) is 0 Å². The van der Waals surface area contributed by atoms with E-state index < -0.39 is 9.84 Å². The van der Waals surface area contributed by atoms with E-state index in [0.717, 1.165) is 21.2 Å². The van der Waals surface area contributed by atoms with Crippen LogP contribution in [-0.2, 0) is 27.6 Å². The normalized spacial score (nSPS) is 18.6. The van der Waals surface area contributed by atoms with E-state index in [-0.39, 0.29) is 29.9 Å². The Morgan fingerprint density at radius 2 is 1.89 bits per heavy atom. The van der Waals surface area contributed by atoms with Crippen molar-refractivity contribution >= 4 is 37.9 Å². The average Bonchev–Trinajstić information content (AvgIpc) is 3.29. The summed E-state index contributed by atoms with van der Waals surface area (Å²) in [7, 11) is -3.05. The maximum Gasteiger partial charge on any atom is 0.227 e. The van der Waals surface area contributed by atoms with Crippen LogP contribution in [0.5, 0.6) is 0 Å². The number of hydrogen-bond acceptors (Lipinski definition) is 4. The third-order valence-corrected chi connectivity index (χ3v) is 7.71. The van der Waals surface area contributed by atoms with E-state index in [1.165, 1.54) is 0 Å². The number of carbonyl (C=O) groups is 1. The molecule has 1 aliphatic heterocycles. The highest BCUT2D eigenvalue weighted by Crippen LogP contribution is 2.25. The molecule has 1 saturated heterocycles. The van der Waals surface area contributed by atoms with Crippen LogP contribution in [0.25, 0.3) is 10.8 Å². The summed E-state index contributed by atoms with van der Waals surface area (Å²) in [5, 5.41) is 4.16. The van der Waals surface area contributed by atoms with Crippen molar-refractivity contribution in [2.24, 2.45) is 0 Å². The van der Waals surface area contributed by atoms with Crippen LogP contribution in [0.4, 0.5) is 0 Å². The molecule has 1 aromatic heterocycles. The molecule has 1 unspecified atom stereocenters. The van der Waals surface area contributed by atoms with Crippen molar-refractivity contribution in [2.75, 3.05) is 11.5 Å². The Bertz CT molecular complexity index is 1050. The first-order chi connectivity index (χ1) is 13.0. The SMILES string of the molecule is O=C(Cc1cccc2ccccc12)N(Cc1cccs1)C1CCS(=O)(=O)C1. The number of benzene rings is 2. The second-order valence-electron chi connectivity index (χ2n) is 6.97. The molecule has 140 valence electrons. The quantitative estimate of drug-likeness (QED) is 0.658. The number of fused-ring (bicyclic) bond motifs is 1. The van der Waals surface area contributed by atoms with Crippen LogP contribution >= 0.6 is 11.3 Å². The number of rotatable bonds is 5. The second kappa shape index (κ2) is 7.44. The highest BCUT2D eigenvalue weighted by Gasteiger charge is 2.34. The molecule has 4 nitrogen and oxygen atoms in total. The number of amides is 1. The molecule has 0 N–H and O–H groups in total. The molecular formula is C21H21NO3S2. The second-order valence-corrected chi connectivity index (χ2v) is 10.2. The van der Waals surface area contributed by atoms with Crippen LogP contribution in [-0.4, -0.2) is 36.8 Å². The van der Waals surface area contributed by atoms with Gasteiger partial charge in [-0.15, -0.1) is 11.3 Å². The first-order valence-electron chi connectivity index (χ1n) is 9.01. The standard InChI is InChI=1S/C21H21NO3S2/c23-21(13-17-7-3-6-16-5-1-2-9-20(16)17)22(14-19-8-4-11-26-19)18-10-12-27(24,25)15-18/h1-9,11,18H,10,12-15H2. The zero-order chi connectivity index (χ0) is 18.9. The van der Waals surface area contributed by atoms with Crippen molar-refractivity contribution in [3.05, 3.63) is 70.4 Å². The van der Waals surface area contributed by atoms with Gasteiger partial charge in [-0.3, -0.25) is 4.79 Å². The first kappa shape index (κ1) is 18.2. The van der Waals surface area contributed by atoms with E-state index in [1.807, 2.05) is 60.0 Å². The van der Waals surface area contributed by atoms with Crippen LogP contribution in [0.3, 0.4) is 0 Å². The molecule has 1 amide bonds. The van der Waals surface area contributed by atoms with E-state index >= 15 is 0 Å². The Morgan fingerprint density at radius 3 is 2.63 bits per heavy atom. The largest absolute Gasteiger partial charge is 0.333 e. The first-order valence-corrected chi connectivity index (χ1v) is 11.7. The Balaban J connectivity index is 1.61. The number of hydrogen-bond donors (Lipinski definition) is 0. The lowest BCUT2D eigenvalue weighted by Crippen LogP contribution is -2.41. The summed E-state index contributed by atoms with van der Waals surface area (Å²) < 4.78 is 23.9. The molecule has 2 heterocycles. The molecule has 0 spiro atoms. The van der Waals surface area contributed by atoms with Gasteiger partial charge in [0.15, 0.2) is 9.84 Å². The molecule has 1 fully saturated rings. The minimum Gasteiger partial charge on any atom is -0.333 e. The van der Waals surface area contributed by atoms with Gasteiger partial charge in [0, 0.05) is 10.9 Å². The lowest BCUT2D eigenvalue weighted by molar-refractivity contribution is -0.132. The highest BCUT2D eigenvalue weighted by atomic mass is 32.2. The lowest BCUT2D eigenvalue weighted by atomic mass is 10.0. The molecule has 1 aliphatic rings. The summed E-state index contributed by atoms with van der Waals surface area (Å²) >= 11 is 1.59. The van der Waals surface area contributed by atoms with Gasteiger partial charge in [-0.05, 0) is 34.2 Å². The van der Waals surface area contributed by atoms with Gasteiger partial charge >= 0.3 is 0 Å². The fourth-order valence-corrected chi connectivity index (χ4v) is 6.16. The molecule has 0 aliphatic carbocycles. The van der Waals surface area contributed by atoms with Gasteiger partial charge in [-0.2, -0.15) is 0 Å². The molecule has 6 heteroatoms. The van der Waals surface area contributed by atoms with Gasteiger partial charge in [-0.25, -0.2) is 8.42 Å². The molecule has 4 rings (SSSR count). The van der Waals surface area contributed by atoms with Crippen LogP contribution in [0.2, 0.25) is 0 Å². The fourth-order valence-electron chi connectivity index (χ4n) is 3.72. The zero-order valence-corrected chi connectivity index (χ0v) is 16.5. The molecular weight excluding hydrogens is 378 g/mol. The summed E-state index contributed by atoms with van der Waals surface area (Å²) in [4.78, 5) is 16.1. The van der Waals surface area contributed by atoms with Gasteiger partial charge in [0.25, 0.3) is 0 Å². The maximum atomic E-state index is 13.2. The summed E-state index contributed by atoms with van der Waals surface area (Å²) in [6.07, 6.45) is 0.804. The van der Waals surface area contributed by atoms with Gasteiger partial charge < -0.3 is 4.90 Å². The summed E-state index contributed by atoms with van der Waals surface area (Å²) in [6.45, 7) is 0.474. The molecule has 1 atom stereocenters. The van der Waals surface area contributed by atoms with E-state index in [1.54, 1.807) is 16.2 Å². The fraction of sp³-hybridized carbons (Fsp3) is 0.286. The number of sulfone groups is 1. The van der Waals surface area contributed by atoms with Crippen molar-refractivity contribution in [3.63, 3.8) is 0 Å². The van der Waals surface area contributed by atoms with Crippen molar-refractivity contribution in [2.45, 2.75) is 25.4 Å². The highest BCUT2D eigenvalue weighted by molar-refractivity contribution is 7.91. The molecule has 0 bridgehead atoms. The molecule has 3 aromatic rings. The van der Waals surface area contributed by atoms with Crippen LogP contribution in [0.15, 0.2) is 60.0 Å². The van der Waals surface area contributed by atoms with Gasteiger partial charge in [0.05, 0.1) is 24.5 Å². The Hall–Kier alpha value is -2.18. The predicted octanol–water partition coefficient (Wildman–Crippen LogP) is 3.66. The van der Waals surface area contributed by atoms with Gasteiger partial charge in [0.1, 0.15) is 0 Å². The number of thiophene rings is 1. The average molecular weight is 400 g/mol. The van der Waals surface area contributed by atoms with Crippen molar-refractivity contribution in [1.82, 2.24) is 4.90 Å². The summed E-state index contributed by atoms with van der Waals surface area (Å²) in [5.41, 5.74) is 0.982. The predicted molar refractivity (Wildman–Crippen MR) is 110 cm³/mol. The van der Waals surface area contributed by atoms with E-state index in [2.05, 4.69) is 0 Å². The summed E-state index contributed by atoms with van der Waals surface area (Å²) in [5.74, 6) is 0.224. The van der Waals surface area contributed by atoms with Crippen LogP contribution < -0.4 is 0 Å². The number of nitrogens with zero attached hydrogens (tertiary/aromatic N) is 1. The third kappa shape index (κ3) is 4.06. The Morgan fingerprint density at radius 1 is 1.07 bits per heavy atom. The summed E-state index contributed by atoms with van der Waals surface area (Å²) in [6, 6.07) is 17.7. The minimum absolute atomic E-state index is 0.0122.